The second-order valence-corrected chi connectivity index (χ2v) is 16.3. The van der Waals surface area contributed by atoms with Gasteiger partial charge in [-0.2, -0.15) is 0 Å². The van der Waals surface area contributed by atoms with E-state index in [1.165, 1.54) is 23.5 Å². The van der Waals surface area contributed by atoms with Crippen LogP contribution in [0.15, 0.2) is 18.6 Å². The topological polar surface area (TPSA) is 221 Å². The van der Waals surface area contributed by atoms with E-state index in [1.807, 2.05) is 6.92 Å². The number of alkyl carbamates (subject to hydrolysis) is 1. The number of nitrogens with zero attached hydrogens (tertiary/aromatic N) is 3. The van der Waals surface area contributed by atoms with Crippen molar-refractivity contribution >= 4 is 35.6 Å². The highest BCUT2D eigenvalue weighted by Gasteiger charge is 2.51. The van der Waals surface area contributed by atoms with E-state index in [1.54, 1.807) is 20.8 Å². The first-order valence-corrected chi connectivity index (χ1v) is 19.7. The Bertz CT molecular complexity index is 1500. The lowest BCUT2D eigenvalue weighted by molar-refractivity contribution is -0.143. The molecule has 3 aliphatic carbocycles. The Morgan fingerprint density at radius 2 is 1.67 bits per heavy atom. The van der Waals surface area contributed by atoms with Crippen LogP contribution in [0, 0.1) is 17.8 Å². The summed E-state index contributed by atoms with van der Waals surface area (Å²) in [6, 6.07) is -4.08. The minimum Gasteiger partial charge on any atom is -0.444 e. The van der Waals surface area contributed by atoms with E-state index in [2.05, 4.69) is 36.6 Å². The summed E-state index contributed by atoms with van der Waals surface area (Å²) >= 11 is 0. The number of aliphatic hydroxyl groups is 1. The zero-order valence-corrected chi connectivity index (χ0v) is 32.0. The summed E-state index contributed by atoms with van der Waals surface area (Å²) in [5, 5.41) is 25.0. The fraction of sp³-hybridized carbons (Fsp3) is 0.737. The van der Waals surface area contributed by atoms with Crippen molar-refractivity contribution < 1.29 is 38.6 Å². The average Bonchev–Trinajstić information content (AvgIpc) is 3.71. The van der Waals surface area contributed by atoms with Gasteiger partial charge in [-0.25, -0.2) is 9.78 Å². The van der Waals surface area contributed by atoms with Crippen LogP contribution >= 0.6 is 0 Å². The van der Waals surface area contributed by atoms with E-state index in [-0.39, 0.29) is 42.6 Å². The number of hydrogen-bond donors (Lipinski definition) is 6. The van der Waals surface area contributed by atoms with E-state index in [0.717, 1.165) is 44.9 Å². The van der Waals surface area contributed by atoms with E-state index in [0.29, 0.717) is 32.1 Å². The number of amides is 6. The fourth-order valence-electron chi connectivity index (χ4n) is 8.11. The van der Waals surface area contributed by atoms with Crippen molar-refractivity contribution in [1.29, 1.82) is 0 Å². The molecule has 1 aromatic heterocycles. The van der Waals surface area contributed by atoms with Crippen LogP contribution in [0.3, 0.4) is 0 Å². The molecule has 0 radical (unpaired) electrons. The molecular weight excluding hydrogens is 696 g/mol. The summed E-state index contributed by atoms with van der Waals surface area (Å²) in [7, 11) is 0. The average molecular weight is 755 g/mol. The number of likely N-dealkylation sites (tertiary alicyclic amines) is 1. The lowest BCUT2D eigenvalue weighted by Crippen LogP contribution is -2.62. The summed E-state index contributed by atoms with van der Waals surface area (Å²) in [4.78, 5) is 91.5. The van der Waals surface area contributed by atoms with Crippen molar-refractivity contribution in [2.45, 2.75) is 147 Å². The van der Waals surface area contributed by atoms with Gasteiger partial charge in [-0.1, -0.05) is 39.0 Å². The van der Waals surface area contributed by atoms with Gasteiger partial charge in [-0.05, 0) is 83.5 Å². The Labute approximate surface area is 317 Å². The quantitative estimate of drug-likeness (QED) is 0.152. The predicted octanol–water partition coefficient (Wildman–Crippen LogP) is 1.72. The Kier molecular flexibility index (Phi) is 13.9. The van der Waals surface area contributed by atoms with Gasteiger partial charge in [-0.15, -0.1) is 0 Å². The maximum absolute atomic E-state index is 14.7. The van der Waals surface area contributed by atoms with Crippen molar-refractivity contribution in [3.05, 3.63) is 24.3 Å². The van der Waals surface area contributed by atoms with Crippen molar-refractivity contribution in [1.82, 2.24) is 41.5 Å². The van der Waals surface area contributed by atoms with Gasteiger partial charge < -0.3 is 41.3 Å². The number of nitrogens with one attached hydrogen (secondary N) is 5. The smallest absolute Gasteiger partial charge is 0.407 e. The van der Waals surface area contributed by atoms with Gasteiger partial charge in [0, 0.05) is 25.0 Å². The second-order valence-electron chi connectivity index (χ2n) is 16.3. The van der Waals surface area contributed by atoms with Crippen molar-refractivity contribution in [3.63, 3.8) is 0 Å². The maximum Gasteiger partial charge on any atom is 0.407 e. The molecule has 5 rings (SSSR count). The van der Waals surface area contributed by atoms with E-state index in [9.17, 15) is 33.9 Å². The molecule has 298 valence electrons. The molecule has 54 heavy (non-hydrogen) atoms. The van der Waals surface area contributed by atoms with Crippen LogP contribution in [0.25, 0.3) is 0 Å². The molecule has 0 bridgehead atoms. The Hall–Kier alpha value is -4.34. The van der Waals surface area contributed by atoms with Crippen LogP contribution in [-0.4, -0.2) is 111 Å². The summed E-state index contributed by atoms with van der Waals surface area (Å²) in [6.07, 6.45) is 11.1. The third-order valence-electron chi connectivity index (χ3n) is 10.9. The zero-order chi connectivity index (χ0) is 39.0. The molecule has 4 fully saturated rings. The Balaban J connectivity index is 1.38. The minimum atomic E-state index is -1.46. The minimum absolute atomic E-state index is 0.0341. The number of rotatable bonds is 15. The van der Waals surface area contributed by atoms with E-state index in [4.69, 9.17) is 4.74 Å². The third-order valence-corrected chi connectivity index (χ3v) is 10.9. The van der Waals surface area contributed by atoms with Gasteiger partial charge in [0.05, 0.1) is 18.8 Å². The number of aromatic nitrogens is 2. The molecule has 1 aromatic rings. The molecule has 7 atom stereocenters. The molecule has 16 nitrogen and oxygen atoms in total. The molecule has 6 N–H and O–H groups in total. The van der Waals surface area contributed by atoms with Crippen molar-refractivity contribution in [2.75, 3.05) is 13.1 Å². The number of aliphatic hydroxyl groups excluding tert-OH is 1. The van der Waals surface area contributed by atoms with E-state index < -0.39 is 71.5 Å². The highest BCUT2D eigenvalue weighted by atomic mass is 16.6. The van der Waals surface area contributed by atoms with Crippen molar-refractivity contribution in [3.8, 4) is 0 Å². The predicted molar refractivity (Wildman–Crippen MR) is 196 cm³/mol. The SMILES string of the molecule is CCC[C@H](NC(=O)[C@@H]1[C@H]2CCC[C@H]2CN1C(=O)[C@H](CNC(=O)OC(C)(C)C)NC(=O)[C@@H](NC(=O)c1cnccn1)C1CCCCC1)C(O)C(=O)NC1CC1. The van der Waals surface area contributed by atoms with Crippen molar-refractivity contribution in [2.24, 2.45) is 17.8 Å². The molecule has 1 saturated heterocycles. The molecule has 16 heteroatoms. The van der Waals surface area contributed by atoms with Gasteiger partial charge in [-0.3, -0.25) is 29.0 Å². The number of ether oxygens (including phenoxy) is 1. The zero-order valence-electron chi connectivity index (χ0n) is 32.0. The summed E-state index contributed by atoms with van der Waals surface area (Å²) in [5.74, 6) is -3.11. The van der Waals surface area contributed by atoms with Gasteiger partial charge >= 0.3 is 6.09 Å². The molecule has 0 spiro atoms. The van der Waals surface area contributed by atoms with Gasteiger partial charge in [0.2, 0.25) is 17.7 Å². The normalized spacial score (nSPS) is 23.6. The first-order valence-electron chi connectivity index (χ1n) is 19.7. The van der Waals surface area contributed by atoms with Gasteiger partial charge in [0.25, 0.3) is 11.8 Å². The van der Waals surface area contributed by atoms with Crippen LogP contribution in [-0.2, 0) is 23.9 Å². The standard InChI is InChI=1S/C38H58N8O8/c1-5-10-26(31(47)35(51)42-24-15-16-24)43-34(50)30-25-14-9-13-23(25)21-46(30)36(52)28(20-41-37(53)54-38(2,3)4)44-33(49)29(22-11-7-6-8-12-22)45-32(48)27-19-39-17-18-40-27/h17-19,22-26,28-31,47H,5-16,20-21H2,1-4H3,(H,41,53)(H,42,51)(H,43,50)(H,44,49)(H,45,48)/t23-,25-,26-,28-,29-,30-,31?/m0/s1. The summed E-state index contributed by atoms with van der Waals surface area (Å²) in [5.41, 5.74) is -0.784. The Morgan fingerprint density at radius 3 is 2.31 bits per heavy atom. The fourth-order valence-corrected chi connectivity index (χ4v) is 8.11. The number of hydrogen-bond acceptors (Lipinski definition) is 10. The molecule has 0 aromatic carbocycles. The first kappa shape index (κ1) is 40.8. The highest BCUT2D eigenvalue weighted by molar-refractivity contribution is 5.98. The van der Waals surface area contributed by atoms with Crippen LogP contribution < -0.4 is 26.6 Å². The highest BCUT2D eigenvalue weighted by Crippen LogP contribution is 2.42. The summed E-state index contributed by atoms with van der Waals surface area (Å²) in [6.45, 7) is 6.93. The molecule has 2 heterocycles. The Morgan fingerprint density at radius 1 is 0.926 bits per heavy atom. The molecule has 4 aliphatic rings. The van der Waals surface area contributed by atoms with Crippen LogP contribution in [0.5, 0.6) is 0 Å². The van der Waals surface area contributed by atoms with Crippen LogP contribution in [0.1, 0.15) is 115 Å². The lowest BCUT2D eigenvalue weighted by atomic mass is 9.83. The van der Waals surface area contributed by atoms with Crippen LogP contribution in [0.4, 0.5) is 4.79 Å². The molecule has 3 saturated carbocycles. The molecule has 1 unspecified atom stereocenters. The number of carbonyl (C=O) groups is 6. The summed E-state index contributed by atoms with van der Waals surface area (Å²) < 4.78 is 5.42. The van der Waals surface area contributed by atoms with Gasteiger partial charge in [0.15, 0.2) is 6.10 Å². The second kappa shape index (κ2) is 18.3. The number of fused-ring (bicyclic) bond motifs is 1. The molecule has 1 aliphatic heterocycles. The molecular formula is C38H58N8O8. The van der Waals surface area contributed by atoms with Gasteiger partial charge in [0.1, 0.15) is 29.4 Å². The lowest BCUT2D eigenvalue weighted by Gasteiger charge is -2.34. The first-order chi connectivity index (χ1) is 25.8. The number of carbonyl (C=O) groups excluding carboxylic acids is 6. The van der Waals surface area contributed by atoms with Crippen LogP contribution in [0.2, 0.25) is 0 Å². The largest absolute Gasteiger partial charge is 0.444 e. The van der Waals surface area contributed by atoms with E-state index >= 15 is 0 Å². The monoisotopic (exact) mass is 754 g/mol. The third kappa shape index (κ3) is 10.9. The molecule has 6 amide bonds. The maximum atomic E-state index is 14.7.